The molecule has 0 bridgehead atoms. The molecule has 0 radical (unpaired) electrons. The molecule has 2 aliphatic heterocycles. The molecule has 1 fully saturated rings. The minimum Gasteiger partial charge on any atom is -0.395 e. The second-order valence-corrected chi connectivity index (χ2v) is 8.36. The Morgan fingerprint density at radius 3 is 2.13 bits per heavy atom. The second kappa shape index (κ2) is 8.65. The first kappa shape index (κ1) is 21.3. The first-order chi connectivity index (χ1) is 14.9. The van der Waals surface area contributed by atoms with E-state index in [-0.39, 0.29) is 18.4 Å². The van der Waals surface area contributed by atoms with Gasteiger partial charge in [0.25, 0.3) is 11.8 Å². The van der Waals surface area contributed by atoms with E-state index in [2.05, 4.69) is 4.90 Å². The standard InChI is InChI=1S/C25H29N3O3/c1-17-4-7-20(8-5-17)22-23(27-12-10-26(11-13-27)14-15-29)25(31)28(24(22)30)21-9-6-18(2)19(3)16-21/h4-9,16,29H,10-15H2,1-3H3. The van der Waals surface area contributed by atoms with Crippen molar-refractivity contribution in [3.8, 4) is 0 Å². The molecule has 0 atom stereocenters. The molecule has 2 aromatic carbocycles. The van der Waals surface area contributed by atoms with Gasteiger partial charge >= 0.3 is 0 Å². The van der Waals surface area contributed by atoms with Gasteiger partial charge in [0.1, 0.15) is 5.70 Å². The predicted octanol–water partition coefficient (Wildman–Crippen LogP) is 2.51. The van der Waals surface area contributed by atoms with Crippen LogP contribution < -0.4 is 4.90 Å². The summed E-state index contributed by atoms with van der Waals surface area (Å²) in [6.45, 7) is 9.53. The fourth-order valence-corrected chi connectivity index (χ4v) is 4.23. The van der Waals surface area contributed by atoms with Gasteiger partial charge in [0.15, 0.2) is 0 Å². The highest BCUT2D eigenvalue weighted by Crippen LogP contribution is 2.35. The number of carbonyl (C=O) groups excluding carboxylic acids is 2. The number of aryl methyl sites for hydroxylation is 3. The zero-order valence-electron chi connectivity index (χ0n) is 18.4. The maximum absolute atomic E-state index is 13.6. The smallest absolute Gasteiger partial charge is 0.282 e. The van der Waals surface area contributed by atoms with Crippen LogP contribution in [0.25, 0.3) is 5.57 Å². The lowest BCUT2D eigenvalue weighted by molar-refractivity contribution is -0.120. The number of aliphatic hydroxyl groups excluding tert-OH is 1. The van der Waals surface area contributed by atoms with E-state index in [9.17, 15) is 14.7 Å². The molecule has 1 saturated heterocycles. The van der Waals surface area contributed by atoms with E-state index in [1.54, 1.807) is 0 Å². The van der Waals surface area contributed by atoms with Gasteiger partial charge in [-0.25, -0.2) is 4.90 Å². The van der Waals surface area contributed by atoms with Crippen LogP contribution in [0, 0.1) is 20.8 Å². The Hall–Kier alpha value is -2.96. The number of anilines is 1. The van der Waals surface area contributed by atoms with Crippen molar-refractivity contribution in [2.75, 3.05) is 44.2 Å². The average Bonchev–Trinajstić information content (AvgIpc) is 3.02. The number of carbonyl (C=O) groups is 2. The van der Waals surface area contributed by atoms with Crippen molar-refractivity contribution < 1.29 is 14.7 Å². The molecule has 2 amide bonds. The summed E-state index contributed by atoms with van der Waals surface area (Å²) in [4.78, 5) is 32.7. The monoisotopic (exact) mass is 419 g/mol. The summed E-state index contributed by atoms with van der Waals surface area (Å²) in [7, 11) is 0. The fourth-order valence-electron chi connectivity index (χ4n) is 4.23. The quantitative estimate of drug-likeness (QED) is 0.755. The third kappa shape index (κ3) is 4.01. The molecule has 4 rings (SSSR count). The summed E-state index contributed by atoms with van der Waals surface area (Å²) in [5.41, 5.74) is 5.59. The van der Waals surface area contributed by atoms with Crippen molar-refractivity contribution in [3.05, 3.63) is 70.4 Å². The lowest BCUT2D eigenvalue weighted by Gasteiger charge is -2.36. The topological polar surface area (TPSA) is 64.1 Å². The highest BCUT2D eigenvalue weighted by atomic mass is 16.3. The van der Waals surface area contributed by atoms with Gasteiger partial charge in [-0.2, -0.15) is 0 Å². The number of hydrogen-bond acceptors (Lipinski definition) is 5. The first-order valence-corrected chi connectivity index (χ1v) is 10.8. The van der Waals surface area contributed by atoms with E-state index >= 15 is 0 Å². The Kier molecular flexibility index (Phi) is 5.94. The maximum Gasteiger partial charge on any atom is 0.282 e. The molecule has 6 nitrogen and oxygen atoms in total. The Labute approximate surface area is 183 Å². The number of aliphatic hydroxyl groups is 1. The van der Waals surface area contributed by atoms with Crippen LogP contribution in [-0.2, 0) is 9.59 Å². The number of piperazine rings is 1. The van der Waals surface area contributed by atoms with E-state index in [1.165, 1.54) is 4.90 Å². The fraction of sp³-hybridized carbons (Fsp3) is 0.360. The Morgan fingerprint density at radius 2 is 1.52 bits per heavy atom. The molecule has 6 heteroatoms. The SMILES string of the molecule is Cc1ccc(C2=C(N3CCN(CCO)CC3)C(=O)N(c3ccc(C)c(C)c3)C2=O)cc1. The van der Waals surface area contributed by atoms with E-state index in [4.69, 9.17) is 0 Å². The van der Waals surface area contributed by atoms with Crippen molar-refractivity contribution in [2.45, 2.75) is 20.8 Å². The predicted molar refractivity (Wildman–Crippen MR) is 122 cm³/mol. The molecule has 0 saturated carbocycles. The zero-order valence-corrected chi connectivity index (χ0v) is 18.4. The molecule has 31 heavy (non-hydrogen) atoms. The van der Waals surface area contributed by atoms with Crippen molar-refractivity contribution in [1.82, 2.24) is 9.80 Å². The minimum atomic E-state index is -0.273. The van der Waals surface area contributed by atoms with Gasteiger partial charge in [-0.15, -0.1) is 0 Å². The van der Waals surface area contributed by atoms with Crippen molar-refractivity contribution in [2.24, 2.45) is 0 Å². The third-order valence-electron chi connectivity index (χ3n) is 6.25. The van der Waals surface area contributed by atoms with E-state index in [0.717, 1.165) is 35.3 Å². The first-order valence-electron chi connectivity index (χ1n) is 10.8. The lowest BCUT2D eigenvalue weighted by Crippen LogP contribution is -2.48. The van der Waals surface area contributed by atoms with Gasteiger partial charge in [-0.1, -0.05) is 35.9 Å². The number of hydrogen-bond donors (Lipinski definition) is 1. The maximum atomic E-state index is 13.6. The van der Waals surface area contributed by atoms with E-state index < -0.39 is 0 Å². The summed E-state index contributed by atoms with van der Waals surface area (Å²) < 4.78 is 0. The summed E-state index contributed by atoms with van der Waals surface area (Å²) in [5, 5.41) is 9.22. The van der Waals surface area contributed by atoms with Crippen LogP contribution in [0.1, 0.15) is 22.3 Å². The van der Waals surface area contributed by atoms with Crippen LogP contribution in [0.4, 0.5) is 5.69 Å². The summed E-state index contributed by atoms with van der Waals surface area (Å²) in [6.07, 6.45) is 0. The van der Waals surface area contributed by atoms with Crippen LogP contribution in [0.3, 0.4) is 0 Å². The summed E-state index contributed by atoms with van der Waals surface area (Å²) >= 11 is 0. The van der Waals surface area contributed by atoms with Crippen LogP contribution in [-0.4, -0.2) is 66.1 Å². The van der Waals surface area contributed by atoms with Gasteiger partial charge < -0.3 is 10.0 Å². The number of imide groups is 1. The van der Waals surface area contributed by atoms with E-state index in [0.29, 0.717) is 36.6 Å². The molecular formula is C25H29N3O3. The number of rotatable bonds is 5. The molecule has 0 unspecified atom stereocenters. The molecule has 162 valence electrons. The highest BCUT2D eigenvalue weighted by molar-refractivity contribution is 6.45. The molecule has 2 aromatic rings. The van der Waals surface area contributed by atoms with Crippen LogP contribution in [0.5, 0.6) is 0 Å². The van der Waals surface area contributed by atoms with Crippen LogP contribution >= 0.6 is 0 Å². The normalized spacial score (nSPS) is 17.8. The summed E-state index contributed by atoms with van der Waals surface area (Å²) in [5.74, 6) is -0.538. The Morgan fingerprint density at radius 1 is 0.839 bits per heavy atom. The molecule has 2 aliphatic rings. The average molecular weight is 420 g/mol. The second-order valence-electron chi connectivity index (χ2n) is 8.36. The van der Waals surface area contributed by atoms with E-state index in [1.807, 2.05) is 68.1 Å². The molecule has 2 heterocycles. The lowest BCUT2D eigenvalue weighted by atomic mass is 10.0. The minimum absolute atomic E-state index is 0.120. The van der Waals surface area contributed by atoms with Gasteiger partial charge in [0.2, 0.25) is 0 Å². The number of β-amino-alcohol motifs (C(OH)–C–C–N with tert-alkyl or cyclic N) is 1. The highest BCUT2D eigenvalue weighted by Gasteiger charge is 2.43. The molecule has 0 aromatic heterocycles. The molecule has 0 spiro atoms. The number of benzene rings is 2. The Bertz CT molecular complexity index is 1030. The number of nitrogens with zero attached hydrogens (tertiary/aromatic N) is 3. The van der Waals surface area contributed by atoms with Gasteiger partial charge in [-0.3, -0.25) is 14.5 Å². The van der Waals surface area contributed by atoms with Gasteiger partial charge in [-0.05, 0) is 49.6 Å². The zero-order chi connectivity index (χ0) is 22.1. The van der Waals surface area contributed by atoms with Crippen LogP contribution in [0.2, 0.25) is 0 Å². The summed E-state index contributed by atoms with van der Waals surface area (Å²) in [6, 6.07) is 13.5. The van der Waals surface area contributed by atoms with Crippen molar-refractivity contribution >= 4 is 23.1 Å². The molecule has 1 N–H and O–H groups in total. The van der Waals surface area contributed by atoms with Crippen molar-refractivity contribution in [3.63, 3.8) is 0 Å². The molecular weight excluding hydrogens is 390 g/mol. The number of amides is 2. The molecule has 0 aliphatic carbocycles. The van der Waals surface area contributed by atoms with Gasteiger partial charge in [0, 0.05) is 32.7 Å². The van der Waals surface area contributed by atoms with Crippen LogP contribution in [0.15, 0.2) is 48.2 Å². The van der Waals surface area contributed by atoms with Crippen molar-refractivity contribution in [1.29, 1.82) is 0 Å². The Balaban J connectivity index is 1.74. The largest absolute Gasteiger partial charge is 0.395 e. The third-order valence-corrected chi connectivity index (χ3v) is 6.25. The van der Waals surface area contributed by atoms with Gasteiger partial charge in [0.05, 0.1) is 17.9 Å².